The molecule has 2 heteroatoms. The van der Waals surface area contributed by atoms with Crippen LogP contribution in [-0.4, -0.2) is 12.1 Å². The first kappa shape index (κ1) is 15.5. The number of hydrogen-bond donors (Lipinski definition) is 0. The second-order valence-corrected chi connectivity index (χ2v) is 5.65. The fourth-order valence-electron chi connectivity index (χ4n) is 2.81. The molecule has 1 aliphatic rings. The molecule has 0 aromatic carbocycles. The molecule has 18 heavy (non-hydrogen) atoms. The molecule has 0 heterocycles. The fourth-order valence-corrected chi connectivity index (χ4v) is 2.81. The number of esters is 1. The van der Waals surface area contributed by atoms with Crippen molar-refractivity contribution >= 4 is 5.97 Å². The van der Waals surface area contributed by atoms with Crippen LogP contribution in [0.4, 0.5) is 0 Å². The Morgan fingerprint density at radius 2 is 1.61 bits per heavy atom. The van der Waals surface area contributed by atoms with E-state index in [0.29, 0.717) is 0 Å². The monoisotopic (exact) mass is 254 g/mol. The standard InChI is InChI=1S/C16H30O2/c1-3-11-14(4-2)16(17)18-15-12-9-7-5-6-8-10-13-15/h14-15H,3-13H2,1-2H3. The lowest BCUT2D eigenvalue weighted by Crippen LogP contribution is -2.24. The number of hydrogen-bond acceptors (Lipinski definition) is 2. The lowest BCUT2D eigenvalue weighted by atomic mass is 10.0. The van der Waals surface area contributed by atoms with Gasteiger partial charge in [0.1, 0.15) is 6.10 Å². The Morgan fingerprint density at radius 1 is 1.06 bits per heavy atom. The summed E-state index contributed by atoms with van der Waals surface area (Å²) < 4.78 is 5.75. The van der Waals surface area contributed by atoms with Crippen LogP contribution in [0.2, 0.25) is 0 Å². The van der Waals surface area contributed by atoms with E-state index in [1.165, 1.54) is 38.5 Å². The summed E-state index contributed by atoms with van der Waals surface area (Å²) in [6, 6.07) is 0. The second-order valence-electron chi connectivity index (χ2n) is 5.65. The van der Waals surface area contributed by atoms with Crippen LogP contribution in [0.25, 0.3) is 0 Å². The summed E-state index contributed by atoms with van der Waals surface area (Å²) in [6.45, 7) is 4.22. The van der Waals surface area contributed by atoms with Crippen LogP contribution in [0.15, 0.2) is 0 Å². The molecular weight excluding hydrogens is 224 g/mol. The van der Waals surface area contributed by atoms with Crippen molar-refractivity contribution in [3.63, 3.8) is 0 Å². The molecule has 0 aliphatic heterocycles. The van der Waals surface area contributed by atoms with Crippen molar-refractivity contribution in [1.29, 1.82) is 0 Å². The van der Waals surface area contributed by atoms with Gasteiger partial charge in [-0.3, -0.25) is 4.79 Å². The Labute approximate surface area is 112 Å². The number of ether oxygens (including phenoxy) is 1. The van der Waals surface area contributed by atoms with Crippen molar-refractivity contribution in [2.24, 2.45) is 5.92 Å². The summed E-state index contributed by atoms with van der Waals surface area (Å²) in [6.07, 6.45) is 13.1. The molecule has 1 unspecified atom stereocenters. The highest BCUT2D eigenvalue weighted by Crippen LogP contribution is 2.21. The molecular formula is C16H30O2. The predicted molar refractivity (Wildman–Crippen MR) is 75.5 cm³/mol. The molecule has 1 atom stereocenters. The largest absolute Gasteiger partial charge is 0.462 e. The highest BCUT2D eigenvalue weighted by molar-refractivity contribution is 5.72. The van der Waals surface area contributed by atoms with E-state index in [4.69, 9.17) is 4.74 Å². The van der Waals surface area contributed by atoms with E-state index in [2.05, 4.69) is 13.8 Å². The first-order chi connectivity index (χ1) is 8.77. The minimum absolute atomic E-state index is 0.0589. The molecule has 0 N–H and O–H groups in total. The van der Waals surface area contributed by atoms with Gasteiger partial charge in [0.2, 0.25) is 0 Å². The van der Waals surface area contributed by atoms with Crippen LogP contribution in [0.1, 0.15) is 84.5 Å². The zero-order chi connectivity index (χ0) is 13.2. The SMILES string of the molecule is CCCC(CC)C(=O)OC1CCCCCCCC1. The maximum atomic E-state index is 12.1. The van der Waals surface area contributed by atoms with Crippen LogP contribution in [0.3, 0.4) is 0 Å². The highest BCUT2D eigenvalue weighted by atomic mass is 16.5. The van der Waals surface area contributed by atoms with Gasteiger partial charge in [0.05, 0.1) is 5.92 Å². The van der Waals surface area contributed by atoms with Crippen LogP contribution >= 0.6 is 0 Å². The van der Waals surface area contributed by atoms with Crippen molar-refractivity contribution in [2.45, 2.75) is 90.6 Å². The lowest BCUT2D eigenvalue weighted by Gasteiger charge is -2.20. The molecule has 0 saturated heterocycles. The van der Waals surface area contributed by atoms with Gasteiger partial charge in [-0.25, -0.2) is 0 Å². The minimum Gasteiger partial charge on any atom is -0.462 e. The number of rotatable bonds is 5. The van der Waals surface area contributed by atoms with Gasteiger partial charge < -0.3 is 4.74 Å². The number of carbonyl (C=O) groups excluding carboxylic acids is 1. The molecule has 0 bridgehead atoms. The first-order valence-corrected chi connectivity index (χ1v) is 7.98. The normalized spacial score (nSPS) is 20.6. The Hall–Kier alpha value is -0.530. The molecule has 106 valence electrons. The average molecular weight is 254 g/mol. The summed E-state index contributed by atoms with van der Waals surface area (Å²) in [5, 5.41) is 0. The molecule has 1 saturated carbocycles. The van der Waals surface area contributed by atoms with Gasteiger partial charge in [0.15, 0.2) is 0 Å². The first-order valence-electron chi connectivity index (χ1n) is 7.98. The third-order valence-corrected chi connectivity index (χ3v) is 4.05. The quantitative estimate of drug-likeness (QED) is 0.655. The van der Waals surface area contributed by atoms with E-state index in [1.807, 2.05) is 0 Å². The molecule has 0 spiro atoms. The van der Waals surface area contributed by atoms with Crippen molar-refractivity contribution < 1.29 is 9.53 Å². The van der Waals surface area contributed by atoms with Crippen molar-refractivity contribution in [1.82, 2.24) is 0 Å². The van der Waals surface area contributed by atoms with Gasteiger partial charge in [-0.1, -0.05) is 46.0 Å². The highest BCUT2D eigenvalue weighted by Gasteiger charge is 2.21. The molecule has 1 fully saturated rings. The maximum absolute atomic E-state index is 12.1. The molecule has 0 radical (unpaired) electrons. The summed E-state index contributed by atoms with van der Waals surface area (Å²) >= 11 is 0. The average Bonchev–Trinajstić information content (AvgIpc) is 2.49. The van der Waals surface area contributed by atoms with E-state index in [0.717, 1.165) is 32.1 Å². The Balaban J connectivity index is 2.39. The Bertz CT molecular complexity index is 215. The summed E-state index contributed by atoms with van der Waals surface area (Å²) in [5.41, 5.74) is 0. The van der Waals surface area contributed by atoms with Crippen molar-refractivity contribution in [2.75, 3.05) is 0 Å². The third-order valence-electron chi connectivity index (χ3n) is 4.05. The van der Waals surface area contributed by atoms with Crippen LogP contribution in [0, 0.1) is 5.92 Å². The lowest BCUT2D eigenvalue weighted by molar-refractivity contribution is -0.155. The molecule has 2 nitrogen and oxygen atoms in total. The van der Waals surface area contributed by atoms with E-state index < -0.39 is 0 Å². The smallest absolute Gasteiger partial charge is 0.309 e. The molecule has 1 rings (SSSR count). The van der Waals surface area contributed by atoms with Gasteiger partial charge in [-0.2, -0.15) is 0 Å². The molecule has 0 aromatic heterocycles. The third kappa shape index (κ3) is 5.88. The summed E-state index contributed by atoms with van der Waals surface area (Å²) in [5.74, 6) is 0.186. The zero-order valence-corrected chi connectivity index (χ0v) is 12.2. The Kier molecular flexibility index (Phi) is 8.11. The summed E-state index contributed by atoms with van der Waals surface area (Å²) in [4.78, 5) is 12.1. The molecule has 1 aliphatic carbocycles. The van der Waals surface area contributed by atoms with Gasteiger partial charge in [-0.15, -0.1) is 0 Å². The van der Waals surface area contributed by atoms with Gasteiger partial charge in [0, 0.05) is 0 Å². The van der Waals surface area contributed by atoms with E-state index in [1.54, 1.807) is 0 Å². The van der Waals surface area contributed by atoms with Crippen LogP contribution in [-0.2, 0) is 9.53 Å². The predicted octanol–water partition coefficient (Wildman–Crippen LogP) is 4.86. The number of carbonyl (C=O) groups is 1. The van der Waals surface area contributed by atoms with Crippen molar-refractivity contribution in [3.8, 4) is 0 Å². The minimum atomic E-state index is 0.0589. The van der Waals surface area contributed by atoms with Gasteiger partial charge >= 0.3 is 5.97 Å². The molecule has 0 amide bonds. The maximum Gasteiger partial charge on any atom is 0.309 e. The van der Waals surface area contributed by atoms with E-state index in [9.17, 15) is 4.79 Å². The van der Waals surface area contributed by atoms with Crippen LogP contribution in [0.5, 0.6) is 0 Å². The van der Waals surface area contributed by atoms with Gasteiger partial charge in [0.25, 0.3) is 0 Å². The van der Waals surface area contributed by atoms with Crippen LogP contribution < -0.4 is 0 Å². The topological polar surface area (TPSA) is 26.3 Å². The van der Waals surface area contributed by atoms with E-state index in [-0.39, 0.29) is 18.0 Å². The van der Waals surface area contributed by atoms with Crippen molar-refractivity contribution in [3.05, 3.63) is 0 Å². The zero-order valence-electron chi connectivity index (χ0n) is 12.2. The second kappa shape index (κ2) is 9.41. The summed E-state index contributed by atoms with van der Waals surface area (Å²) in [7, 11) is 0. The van der Waals surface area contributed by atoms with Gasteiger partial charge in [-0.05, 0) is 38.5 Å². The Morgan fingerprint density at radius 3 is 2.11 bits per heavy atom. The molecule has 0 aromatic rings. The fraction of sp³-hybridized carbons (Fsp3) is 0.938. The van der Waals surface area contributed by atoms with E-state index >= 15 is 0 Å².